The van der Waals surface area contributed by atoms with E-state index in [9.17, 15) is 29.7 Å². The fraction of sp³-hybridized carbons (Fsp3) is 0.806. The van der Waals surface area contributed by atoms with E-state index in [-0.39, 0.29) is 24.6 Å². The van der Waals surface area contributed by atoms with E-state index in [4.69, 9.17) is 9.47 Å². The van der Waals surface area contributed by atoms with Crippen LogP contribution in [0.5, 0.6) is 0 Å². The summed E-state index contributed by atoms with van der Waals surface area (Å²) in [7, 11) is 0. The van der Waals surface area contributed by atoms with E-state index in [1.54, 1.807) is 33.8 Å². The van der Waals surface area contributed by atoms with Gasteiger partial charge in [-0.25, -0.2) is 0 Å². The van der Waals surface area contributed by atoms with Crippen LogP contribution < -0.4 is 0 Å². The van der Waals surface area contributed by atoms with Crippen LogP contribution in [0, 0.1) is 28.1 Å². The molecule has 44 heavy (non-hydrogen) atoms. The van der Waals surface area contributed by atoms with Gasteiger partial charge in [0.15, 0.2) is 5.78 Å². The highest BCUT2D eigenvalue weighted by molar-refractivity contribution is 5.95. The molecule has 8 nitrogen and oxygen atoms in total. The first kappa shape index (κ1) is 36.4. The van der Waals surface area contributed by atoms with Crippen LogP contribution >= 0.6 is 0 Å². The van der Waals surface area contributed by atoms with E-state index >= 15 is 0 Å². The molecule has 0 aromatic carbocycles. The molecule has 2 bridgehead atoms. The van der Waals surface area contributed by atoms with Crippen molar-refractivity contribution in [2.24, 2.45) is 28.1 Å². The first-order chi connectivity index (χ1) is 20.4. The maximum absolute atomic E-state index is 14.7. The number of ether oxygens (including phenoxy) is 2. The molecule has 7 atom stereocenters. The molecule has 0 unspecified atom stereocenters. The molecule has 3 N–H and O–H groups in total. The molecule has 3 aliphatic carbocycles. The minimum absolute atomic E-state index is 0.109. The van der Waals surface area contributed by atoms with Gasteiger partial charge in [0, 0.05) is 11.8 Å². The Balaban J connectivity index is 1.89. The number of carbonyl (C=O) groups is 3. The van der Waals surface area contributed by atoms with Crippen LogP contribution in [0.2, 0.25) is 0 Å². The van der Waals surface area contributed by atoms with Crippen LogP contribution in [0.4, 0.5) is 0 Å². The van der Waals surface area contributed by atoms with E-state index in [0.717, 1.165) is 19.3 Å². The Morgan fingerprint density at radius 2 is 1.55 bits per heavy atom. The third-order valence-electron chi connectivity index (χ3n) is 10.3. The van der Waals surface area contributed by atoms with Crippen LogP contribution in [-0.2, 0) is 23.9 Å². The van der Waals surface area contributed by atoms with Gasteiger partial charge in [0.25, 0.3) is 0 Å². The van der Waals surface area contributed by atoms with Crippen LogP contribution in [0.1, 0.15) is 126 Å². The summed E-state index contributed by atoms with van der Waals surface area (Å²) in [5, 5.41) is 35.3. The summed E-state index contributed by atoms with van der Waals surface area (Å²) in [4.78, 5) is 40.6. The first-order valence-electron chi connectivity index (χ1n) is 16.8. The van der Waals surface area contributed by atoms with Gasteiger partial charge < -0.3 is 24.8 Å². The van der Waals surface area contributed by atoms with Gasteiger partial charge in [-0.15, -0.1) is 0 Å². The number of hydrogen-bond acceptors (Lipinski definition) is 8. The molecule has 0 saturated heterocycles. The normalized spacial score (nSPS) is 33.1. The van der Waals surface area contributed by atoms with Crippen molar-refractivity contribution in [2.75, 3.05) is 6.61 Å². The maximum atomic E-state index is 14.7. The van der Waals surface area contributed by atoms with Gasteiger partial charge in [0.1, 0.15) is 30.5 Å². The molecule has 0 aromatic rings. The molecule has 8 heteroatoms. The van der Waals surface area contributed by atoms with Gasteiger partial charge in [-0.2, -0.15) is 0 Å². The fourth-order valence-electron chi connectivity index (χ4n) is 7.79. The Labute approximate surface area is 264 Å². The Morgan fingerprint density at radius 1 is 0.977 bits per heavy atom. The van der Waals surface area contributed by atoms with E-state index in [0.29, 0.717) is 18.4 Å². The molecular weight excluding hydrogens is 560 g/mol. The number of aliphatic hydroxyl groups is 3. The summed E-state index contributed by atoms with van der Waals surface area (Å²) in [6.07, 6.45) is 9.80. The summed E-state index contributed by atoms with van der Waals surface area (Å²) < 4.78 is 11.7. The minimum atomic E-state index is -2.28. The van der Waals surface area contributed by atoms with E-state index in [1.807, 2.05) is 20.8 Å². The SMILES string of the molecule is CCCCCCCCCCCC(=O)O[C@@H]1[C@@H]2C=C(COC(=O)C(C)(C)C)[C@@H](O)[C@]3(O)[C@@H](O)C(C)=C[C@@]3(C2=O)[C@H](C)CC1(C)C. The predicted octanol–water partition coefficient (Wildman–Crippen LogP) is 6.00. The Bertz CT molecular complexity index is 1110. The van der Waals surface area contributed by atoms with Crippen molar-refractivity contribution in [3.8, 4) is 0 Å². The van der Waals surface area contributed by atoms with Crippen LogP contribution in [0.15, 0.2) is 23.3 Å². The van der Waals surface area contributed by atoms with Crippen molar-refractivity contribution < 1.29 is 39.2 Å². The summed E-state index contributed by atoms with van der Waals surface area (Å²) in [5.74, 6) is -2.84. The largest absolute Gasteiger partial charge is 0.461 e. The van der Waals surface area contributed by atoms with Crippen LogP contribution in [-0.4, -0.2) is 63.6 Å². The molecule has 0 aromatic heterocycles. The third-order valence-corrected chi connectivity index (χ3v) is 10.3. The van der Waals surface area contributed by atoms with E-state index in [1.165, 1.54) is 38.2 Å². The molecule has 3 aliphatic rings. The molecule has 250 valence electrons. The van der Waals surface area contributed by atoms with Crippen molar-refractivity contribution in [2.45, 2.75) is 150 Å². The van der Waals surface area contributed by atoms with Crippen molar-refractivity contribution in [1.29, 1.82) is 0 Å². The number of hydrogen-bond donors (Lipinski definition) is 3. The smallest absolute Gasteiger partial charge is 0.311 e. The molecule has 3 rings (SSSR count). The molecule has 0 heterocycles. The van der Waals surface area contributed by atoms with Crippen molar-refractivity contribution in [3.05, 3.63) is 23.3 Å². The number of Topliss-reactive ketones (excluding diaryl/α,β-unsaturated/α-hetero) is 1. The average Bonchev–Trinajstić information content (AvgIpc) is 3.09. The zero-order valence-electron chi connectivity index (χ0n) is 28.4. The lowest BCUT2D eigenvalue weighted by Gasteiger charge is -2.48. The second-order valence-electron chi connectivity index (χ2n) is 15.4. The highest BCUT2D eigenvalue weighted by Gasteiger charge is 2.72. The van der Waals surface area contributed by atoms with Gasteiger partial charge in [0.05, 0.1) is 16.7 Å². The number of aliphatic hydroxyl groups excluding tert-OH is 2. The van der Waals surface area contributed by atoms with Crippen molar-refractivity contribution in [3.63, 3.8) is 0 Å². The fourth-order valence-corrected chi connectivity index (χ4v) is 7.79. The summed E-state index contributed by atoms with van der Waals surface area (Å²) in [5.41, 5.74) is -4.92. The monoisotopic (exact) mass is 618 g/mol. The summed E-state index contributed by atoms with van der Waals surface area (Å²) in [6, 6.07) is 0. The number of esters is 2. The molecule has 0 radical (unpaired) electrons. The molecule has 0 aliphatic heterocycles. The first-order valence-corrected chi connectivity index (χ1v) is 16.8. The average molecular weight is 619 g/mol. The molecule has 0 amide bonds. The molecular formula is C36H58O8. The molecule has 1 saturated carbocycles. The standard InChI is InChI=1S/C36H58O8/c1-9-10-11-12-13-14-15-16-17-18-27(37)44-31-26-19-25(22-43-32(41)33(4,5)6)29(39)36(42)28(38)23(2)20-35(36,30(26)40)24(3)21-34(31,7)8/h19-20,24,26,28-29,31,38-39,42H,9-18,21-22H2,1-8H3/t24-,26-,28+,29-,31-,35+,36-/m1/s1. The number of fused-ring (bicyclic) bond motifs is 1. The van der Waals surface area contributed by atoms with Crippen LogP contribution in [0.3, 0.4) is 0 Å². The number of ketones is 1. The zero-order chi connectivity index (χ0) is 33.1. The van der Waals surface area contributed by atoms with E-state index in [2.05, 4.69) is 6.92 Å². The lowest BCUT2D eigenvalue weighted by molar-refractivity contribution is -0.190. The van der Waals surface area contributed by atoms with Crippen molar-refractivity contribution in [1.82, 2.24) is 0 Å². The second kappa shape index (κ2) is 14.2. The molecule has 1 spiro atoms. The quantitative estimate of drug-likeness (QED) is 0.130. The highest BCUT2D eigenvalue weighted by atomic mass is 16.5. The van der Waals surface area contributed by atoms with Gasteiger partial charge in [-0.05, 0) is 57.6 Å². The van der Waals surface area contributed by atoms with Crippen molar-refractivity contribution >= 4 is 17.7 Å². The van der Waals surface area contributed by atoms with E-state index < -0.39 is 63.7 Å². The van der Waals surface area contributed by atoms with Crippen LogP contribution in [0.25, 0.3) is 0 Å². The van der Waals surface area contributed by atoms with Gasteiger partial charge in [-0.3, -0.25) is 14.4 Å². The predicted molar refractivity (Wildman–Crippen MR) is 169 cm³/mol. The summed E-state index contributed by atoms with van der Waals surface area (Å²) >= 11 is 0. The summed E-state index contributed by atoms with van der Waals surface area (Å²) in [6.45, 7) is 14.3. The van der Waals surface area contributed by atoms with Gasteiger partial charge in [0.2, 0.25) is 0 Å². The zero-order valence-corrected chi connectivity index (χ0v) is 28.4. The minimum Gasteiger partial charge on any atom is -0.461 e. The van der Waals surface area contributed by atoms with Gasteiger partial charge >= 0.3 is 11.9 Å². The Kier molecular flexibility index (Phi) is 11.7. The lowest BCUT2D eigenvalue weighted by Crippen LogP contribution is -2.65. The lowest BCUT2D eigenvalue weighted by atomic mass is 9.59. The topological polar surface area (TPSA) is 130 Å². The number of unbranched alkanes of at least 4 members (excludes halogenated alkanes) is 8. The van der Waals surface area contributed by atoms with Gasteiger partial charge in [-0.1, -0.05) is 91.2 Å². The second-order valence-corrected chi connectivity index (χ2v) is 15.4. The maximum Gasteiger partial charge on any atom is 0.311 e. The Morgan fingerprint density at radius 3 is 2.11 bits per heavy atom. The highest BCUT2D eigenvalue weighted by Crippen LogP contribution is 2.61. The molecule has 1 fully saturated rings. The number of rotatable bonds is 13. The third kappa shape index (κ3) is 7.02. The Hall–Kier alpha value is -2.03. The number of carbonyl (C=O) groups excluding carboxylic acids is 3.